The zero-order valence-corrected chi connectivity index (χ0v) is 10.6. The lowest BCUT2D eigenvalue weighted by atomic mass is 10.3. The number of alkyl halides is 1. The van der Waals surface area contributed by atoms with Gasteiger partial charge in [0.05, 0.1) is 11.9 Å². The Kier molecular flexibility index (Phi) is 5.88. The maximum Gasteiger partial charge on any atom is 0.235 e. The monoisotopic (exact) mass is 287 g/mol. The molecule has 1 aromatic carbocycles. The molecule has 0 aliphatic heterocycles. The summed E-state index contributed by atoms with van der Waals surface area (Å²) in [6, 6.07) is 7.20. The zero-order chi connectivity index (χ0) is 11.8. The van der Waals surface area contributed by atoms with Crippen LogP contribution in [0, 0.1) is 0 Å². The van der Waals surface area contributed by atoms with Crippen LogP contribution in [0.1, 0.15) is 0 Å². The standard InChI is InChI=1S/C11H14BrNO3/c1-15-6-7-16-10-4-2-9(3-5-10)13-11(14)8-12/h2-5H,6-8H2,1H3,(H,13,14). The molecule has 0 aliphatic carbocycles. The molecule has 88 valence electrons. The van der Waals surface area contributed by atoms with Crippen molar-refractivity contribution >= 4 is 27.5 Å². The Morgan fingerprint density at radius 3 is 2.56 bits per heavy atom. The molecule has 0 unspecified atom stereocenters. The third-order valence-electron chi connectivity index (χ3n) is 1.82. The Bertz CT molecular complexity index is 327. The van der Waals surface area contributed by atoms with Gasteiger partial charge in [0.2, 0.25) is 5.91 Å². The van der Waals surface area contributed by atoms with E-state index in [1.54, 1.807) is 31.4 Å². The van der Waals surface area contributed by atoms with E-state index in [0.717, 1.165) is 11.4 Å². The average molecular weight is 288 g/mol. The molecule has 0 bridgehead atoms. The van der Waals surface area contributed by atoms with Gasteiger partial charge in [0.15, 0.2) is 0 Å². The lowest BCUT2D eigenvalue weighted by Crippen LogP contribution is -2.12. The number of hydrogen-bond acceptors (Lipinski definition) is 3. The first-order valence-electron chi connectivity index (χ1n) is 4.84. The summed E-state index contributed by atoms with van der Waals surface area (Å²) >= 11 is 3.08. The quantitative estimate of drug-likeness (QED) is 0.643. The second-order valence-corrected chi connectivity index (χ2v) is 3.61. The van der Waals surface area contributed by atoms with Gasteiger partial charge in [0.25, 0.3) is 0 Å². The summed E-state index contributed by atoms with van der Waals surface area (Å²) in [4.78, 5) is 11.1. The number of halogens is 1. The van der Waals surface area contributed by atoms with Crippen molar-refractivity contribution < 1.29 is 14.3 Å². The van der Waals surface area contributed by atoms with Crippen LogP contribution in [0.2, 0.25) is 0 Å². The van der Waals surface area contributed by atoms with Crippen LogP contribution in [0.5, 0.6) is 5.75 Å². The number of benzene rings is 1. The SMILES string of the molecule is COCCOc1ccc(NC(=O)CBr)cc1. The summed E-state index contributed by atoms with van der Waals surface area (Å²) in [6.45, 7) is 1.08. The molecule has 5 heteroatoms. The third kappa shape index (κ3) is 4.63. The molecule has 1 amide bonds. The van der Waals surface area contributed by atoms with E-state index in [-0.39, 0.29) is 5.91 Å². The number of hydrogen-bond donors (Lipinski definition) is 1. The van der Waals surface area contributed by atoms with Gasteiger partial charge in [0.1, 0.15) is 12.4 Å². The van der Waals surface area contributed by atoms with E-state index in [0.29, 0.717) is 18.5 Å². The van der Waals surface area contributed by atoms with Crippen molar-refractivity contribution in [1.82, 2.24) is 0 Å². The van der Waals surface area contributed by atoms with Crippen LogP contribution in [0.4, 0.5) is 5.69 Å². The Morgan fingerprint density at radius 2 is 2.00 bits per heavy atom. The van der Waals surface area contributed by atoms with Crippen molar-refractivity contribution in [3.8, 4) is 5.75 Å². The Hall–Kier alpha value is -1.07. The van der Waals surface area contributed by atoms with Crippen LogP contribution >= 0.6 is 15.9 Å². The molecule has 0 aromatic heterocycles. The van der Waals surface area contributed by atoms with E-state index in [2.05, 4.69) is 21.2 Å². The molecule has 0 aliphatic rings. The Labute approximate surface area is 103 Å². The number of carbonyl (C=O) groups excluding carboxylic acids is 1. The molecule has 0 saturated heterocycles. The molecule has 0 atom stereocenters. The van der Waals surface area contributed by atoms with Gasteiger partial charge in [0, 0.05) is 12.8 Å². The first-order valence-corrected chi connectivity index (χ1v) is 5.96. The molecule has 1 N–H and O–H groups in total. The minimum Gasteiger partial charge on any atom is -0.491 e. The number of methoxy groups -OCH3 is 1. The smallest absolute Gasteiger partial charge is 0.235 e. The van der Waals surface area contributed by atoms with Crippen molar-refractivity contribution in [1.29, 1.82) is 0 Å². The third-order valence-corrected chi connectivity index (χ3v) is 2.32. The lowest BCUT2D eigenvalue weighted by Gasteiger charge is -2.07. The van der Waals surface area contributed by atoms with E-state index in [1.165, 1.54) is 0 Å². The van der Waals surface area contributed by atoms with Crippen molar-refractivity contribution in [2.75, 3.05) is 31.0 Å². The van der Waals surface area contributed by atoms with Crippen molar-refractivity contribution in [2.45, 2.75) is 0 Å². The van der Waals surface area contributed by atoms with Crippen molar-refractivity contribution in [3.05, 3.63) is 24.3 Å². The highest BCUT2D eigenvalue weighted by Crippen LogP contribution is 2.15. The first kappa shape index (κ1) is 13.0. The minimum absolute atomic E-state index is 0.0759. The molecule has 0 saturated carbocycles. The molecule has 0 spiro atoms. The second kappa shape index (κ2) is 7.24. The first-order chi connectivity index (χ1) is 7.76. The minimum atomic E-state index is -0.0759. The molecule has 0 radical (unpaired) electrons. The number of carbonyl (C=O) groups is 1. The summed E-state index contributed by atoms with van der Waals surface area (Å²) < 4.78 is 10.3. The van der Waals surface area contributed by atoms with E-state index < -0.39 is 0 Å². The van der Waals surface area contributed by atoms with E-state index in [4.69, 9.17) is 9.47 Å². The van der Waals surface area contributed by atoms with Crippen LogP contribution in [0.15, 0.2) is 24.3 Å². The fraction of sp³-hybridized carbons (Fsp3) is 0.364. The number of nitrogens with one attached hydrogen (secondary N) is 1. The average Bonchev–Trinajstić information content (AvgIpc) is 2.31. The highest BCUT2D eigenvalue weighted by atomic mass is 79.9. The van der Waals surface area contributed by atoms with Gasteiger partial charge in [-0.2, -0.15) is 0 Å². The maximum atomic E-state index is 11.1. The van der Waals surface area contributed by atoms with Gasteiger partial charge < -0.3 is 14.8 Å². The van der Waals surface area contributed by atoms with Gasteiger partial charge in [-0.25, -0.2) is 0 Å². The molecule has 16 heavy (non-hydrogen) atoms. The van der Waals surface area contributed by atoms with Crippen LogP contribution in [0.3, 0.4) is 0 Å². The molecular weight excluding hydrogens is 274 g/mol. The molecule has 0 heterocycles. The number of ether oxygens (including phenoxy) is 2. The Morgan fingerprint density at radius 1 is 1.31 bits per heavy atom. The number of amides is 1. The van der Waals surface area contributed by atoms with Crippen LogP contribution in [-0.2, 0) is 9.53 Å². The molecule has 1 aromatic rings. The zero-order valence-electron chi connectivity index (χ0n) is 9.03. The summed E-state index contributed by atoms with van der Waals surface area (Å²) in [5.74, 6) is 0.682. The summed E-state index contributed by atoms with van der Waals surface area (Å²) in [6.07, 6.45) is 0. The fourth-order valence-corrected chi connectivity index (χ4v) is 1.21. The lowest BCUT2D eigenvalue weighted by molar-refractivity contribution is -0.113. The summed E-state index contributed by atoms with van der Waals surface area (Å²) in [5, 5.41) is 3.01. The molecule has 1 rings (SSSR count). The number of anilines is 1. The molecule has 4 nitrogen and oxygen atoms in total. The van der Waals surface area contributed by atoms with Gasteiger partial charge in [-0.3, -0.25) is 4.79 Å². The highest BCUT2D eigenvalue weighted by Gasteiger charge is 1.99. The Balaban J connectivity index is 2.44. The van der Waals surface area contributed by atoms with E-state index >= 15 is 0 Å². The van der Waals surface area contributed by atoms with Crippen LogP contribution in [0.25, 0.3) is 0 Å². The predicted octanol–water partition coefficient (Wildman–Crippen LogP) is 2.05. The van der Waals surface area contributed by atoms with Crippen LogP contribution in [-0.4, -0.2) is 31.6 Å². The van der Waals surface area contributed by atoms with E-state index in [9.17, 15) is 4.79 Å². The van der Waals surface area contributed by atoms with Gasteiger partial charge in [-0.05, 0) is 24.3 Å². The fourth-order valence-electron chi connectivity index (χ4n) is 1.07. The van der Waals surface area contributed by atoms with Gasteiger partial charge in [-0.15, -0.1) is 0 Å². The normalized spacial score (nSPS) is 9.88. The van der Waals surface area contributed by atoms with Gasteiger partial charge in [-0.1, -0.05) is 15.9 Å². The van der Waals surface area contributed by atoms with Crippen molar-refractivity contribution in [3.63, 3.8) is 0 Å². The van der Waals surface area contributed by atoms with E-state index in [1.807, 2.05) is 0 Å². The molecular formula is C11H14BrNO3. The highest BCUT2D eigenvalue weighted by molar-refractivity contribution is 9.09. The van der Waals surface area contributed by atoms with Gasteiger partial charge >= 0.3 is 0 Å². The summed E-state index contributed by atoms with van der Waals surface area (Å²) in [5.41, 5.74) is 0.753. The predicted molar refractivity (Wildman–Crippen MR) is 66.2 cm³/mol. The largest absolute Gasteiger partial charge is 0.491 e. The topological polar surface area (TPSA) is 47.6 Å². The second-order valence-electron chi connectivity index (χ2n) is 3.05. The summed E-state index contributed by atoms with van der Waals surface area (Å²) in [7, 11) is 1.63. The van der Waals surface area contributed by atoms with Crippen LogP contribution < -0.4 is 10.1 Å². The number of rotatable bonds is 6. The maximum absolute atomic E-state index is 11.1. The molecule has 0 fully saturated rings. The van der Waals surface area contributed by atoms with Crippen molar-refractivity contribution in [2.24, 2.45) is 0 Å².